The Labute approximate surface area is 121 Å². The van der Waals surface area contributed by atoms with E-state index in [2.05, 4.69) is 0 Å². The number of rotatable bonds is 5. The summed E-state index contributed by atoms with van der Waals surface area (Å²) in [6.07, 6.45) is -0.717. The molecule has 0 radical (unpaired) electrons. The number of hydrogen-bond acceptors (Lipinski definition) is 5. The molecule has 0 saturated carbocycles. The highest BCUT2D eigenvalue weighted by Gasteiger charge is 2.19. The molecule has 1 aromatic carbocycles. The summed E-state index contributed by atoms with van der Waals surface area (Å²) in [5.41, 5.74) is 1.11. The number of aliphatic hydroxyl groups is 1. The highest BCUT2D eigenvalue weighted by molar-refractivity contribution is 7.09. The first-order valence-corrected chi connectivity index (χ1v) is 7.07. The predicted octanol–water partition coefficient (Wildman–Crippen LogP) is 3.35. The van der Waals surface area contributed by atoms with Crippen LogP contribution in [0.25, 0.3) is 0 Å². The van der Waals surface area contributed by atoms with Crippen molar-refractivity contribution < 1.29 is 10.0 Å². The van der Waals surface area contributed by atoms with E-state index in [9.17, 15) is 15.2 Å². The number of anilines is 1. The molecule has 106 valence electrons. The van der Waals surface area contributed by atoms with Crippen LogP contribution in [0.3, 0.4) is 0 Å². The van der Waals surface area contributed by atoms with E-state index in [1.807, 2.05) is 29.5 Å². The summed E-state index contributed by atoms with van der Waals surface area (Å²) in [6.45, 7) is 2.21. The quantitative estimate of drug-likeness (QED) is 0.678. The Morgan fingerprint density at radius 3 is 2.75 bits per heavy atom. The zero-order chi connectivity index (χ0) is 14.7. The standard InChI is InChI=1S/C14H16N2O3S/c1-10(17)11-5-6-13(14(8-11)16(18)19)15(2)9-12-4-3-7-20-12/h3-8,10,17H,9H2,1-2H3. The smallest absolute Gasteiger partial charge is 0.292 e. The van der Waals surface area contributed by atoms with E-state index < -0.39 is 11.0 Å². The third-order valence-corrected chi connectivity index (χ3v) is 3.92. The van der Waals surface area contributed by atoms with Gasteiger partial charge in [0.1, 0.15) is 5.69 Å². The van der Waals surface area contributed by atoms with E-state index in [1.54, 1.807) is 30.4 Å². The molecule has 2 aromatic rings. The molecule has 5 nitrogen and oxygen atoms in total. The number of thiophene rings is 1. The van der Waals surface area contributed by atoms with Crippen molar-refractivity contribution >= 4 is 22.7 Å². The summed E-state index contributed by atoms with van der Waals surface area (Å²) in [6, 6.07) is 8.80. The summed E-state index contributed by atoms with van der Waals surface area (Å²) >= 11 is 1.62. The Morgan fingerprint density at radius 1 is 1.45 bits per heavy atom. The average Bonchev–Trinajstić information content (AvgIpc) is 2.90. The predicted molar refractivity (Wildman–Crippen MR) is 80.2 cm³/mol. The highest BCUT2D eigenvalue weighted by atomic mass is 32.1. The SMILES string of the molecule is CC(O)c1ccc(N(C)Cc2cccs2)c([N+](=O)[O-])c1. The van der Waals surface area contributed by atoms with Crippen LogP contribution in [0, 0.1) is 10.1 Å². The lowest BCUT2D eigenvalue weighted by Crippen LogP contribution is -2.17. The van der Waals surface area contributed by atoms with Crippen LogP contribution in [0.5, 0.6) is 0 Å². The van der Waals surface area contributed by atoms with Gasteiger partial charge in [0.2, 0.25) is 0 Å². The normalized spacial score (nSPS) is 12.2. The molecule has 1 atom stereocenters. The first kappa shape index (κ1) is 14.5. The Hall–Kier alpha value is -1.92. The number of aliphatic hydroxyl groups excluding tert-OH is 1. The molecule has 0 bridgehead atoms. The topological polar surface area (TPSA) is 66.6 Å². The van der Waals surface area contributed by atoms with Gasteiger partial charge >= 0.3 is 0 Å². The van der Waals surface area contributed by atoms with Crippen LogP contribution in [0.1, 0.15) is 23.5 Å². The average molecular weight is 292 g/mol. The maximum Gasteiger partial charge on any atom is 0.292 e. The second-order valence-electron chi connectivity index (χ2n) is 4.62. The van der Waals surface area contributed by atoms with Crippen molar-refractivity contribution in [3.05, 3.63) is 56.3 Å². The summed E-state index contributed by atoms with van der Waals surface area (Å²) < 4.78 is 0. The Bertz CT molecular complexity index is 596. The molecule has 20 heavy (non-hydrogen) atoms. The van der Waals surface area contributed by atoms with E-state index in [-0.39, 0.29) is 5.69 Å². The van der Waals surface area contributed by atoms with Crippen molar-refractivity contribution in [2.75, 3.05) is 11.9 Å². The molecule has 0 aliphatic carbocycles. The van der Waals surface area contributed by atoms with E-state index in [1.165, 1.54) is 6.07 Å². The second kappa shape index (κ2) is 6.02. The summed E-state index contributed by atoms with van der Waals surface area (Å²) in [4.78, 5) is 13.8. The maximum absolute atomic E-state index is 11.2. The molecule has 0 spiro atoms. The highest BCUT2D eigenvalue weighted by Crippen LogP contribution is 2.31. The van der Waals surface area contributed by atoms with Gasteiger partial charge in [0, 0.05) is 18.0 Å². The molecule has 1 aromatic heterocycles. The molecule has 1 heterocycles. The van der Waals surface area contributed by atoms with Crippen LogP contribution in [-0.2, 0) is 6.54 Å². The van der Waals surface area contributed by atoms with Crippen molar-refractivity contribution in [2.24, 2.45) is 0 Å². The monoisotopic (exact) mass is 292 g/mol. The Balaban J connectivity index is 2.32. The van der Waals surface area contributed by atoms with Crippen LogP contribution in [-0.4, -0.2) is 17.1 Å². The minimum atomic E-state index is -0.717. The minimum absolute atomic E-state index is 0.0162. The van der Waals surface area contributed by atoms with Crippen LogP contribution in [0.4, 0.5) is 11.4 Å². The van der Waals surface area contributed by atoms with E-state index in [0.717, 1.165) is 4.88 Å². The zero-order valence-electron chi connectivity index (χ0n) is 11.3. The van der Waals surface area contributed by atoms with E-state index in [0.29, 0.717) is 17.8 Å². The molecule has 0 amide bonds. The lowest BCUT2D eigenvalue weighted by atomic mass is 10.1. The van der Waals surface area contributed by atoms with Gasteiger partial charge in [-0.3, -0.25) is 10.1 Å². The number of benzene rings is 1. The number of hydrogen-bond donors (Lipinski definition) is 1. The van der Waals surface area contributed by atoms with Crippen molar-refractivity contribution in [3.63, 3.8) is 0 Å². The molecule has 2 rings (SSSR count). The van der Waals surface area contributed by atoms with Gasteiger partial charge in [-0.2, -0.15) is 0 Å². The van der Waals surface area contributed by atoms with Crippen molar-refractivity contribution in [3.8, 4) is 0 Å². The van der Waals surface area contributed by atoms with Crippen LogP contribution in [0.15, 0.2) is 35.7 Å². The fourth-order valence-electron chi connectivity index (χ4n) is 1.99. The minimum Gasteiger partial charge on any atom is -0.389 e. The molecule has 6 heteroatoms. The van der Waals surface area contributed by atoms with Gasteiger partial charge in [-0.15, -0.1) is 11.3 Å². The molecule has 0 aliphatic rings. The fourth-order valence-corrected chi connectivity index (χ4v) is 2.75. The first-order valence-electron chi connectivity index (χ1n) is 6.19. The van der Waals surface area contributed by atoms with Gasteiger partial charge in [0.15, 0.2) is 0 Å². The van der Waals surface area contributed by atoms with Crippen LogP contribution < -0.4 is 4.90 Å². The fraction of sp³-hybridized carbons (Fsp3) is 0.286. The van der Waals surface area contributed by atoms with E-state index in [4.69, 9.17) is 0 Å². The number of nitrogens with zero attached hydrogens (tertiary/aromatic N) is 2. The van der Waals surface area contributed by atoms with Gasteiger partial charge in [-0.25, -0.2) is 0 Å². The second-order valence-corrected chi connectivity index (χ2v) is 5.65. The molecule has 0 aliphatic heterocycles. The summed E-state index contributed by atoms with van der Waals surface area (Å²) in [5, 5.41) is 22.7. The van der Waals surface area contributed by atoms with E-state index >= 15 is 0 Å². The molecule has 1 N–H and O–H groups in total. The first-order chi connectivity index (χ1) is 9.49. The van der Waals surface area contributed by atoms with Gasteiger partial charge in [-0.05, 0) is 30.0 Å². The van der Waals surface area contributed by atoms with Crippen molar-refractivity contribution in [1.82, 2.24) is 0 Å². The third-order valence-electron chi connectivity index (χ3n) is 3.06. The van der Waals surface area contributed by atoms with Gasteiger partial charge in [0.05, 0.1) is 17.6 Å². The lowest BCUT2D eigenvalue weighted by Gasteiger charge is -2.19. The number of nitro benzene ring substituents is 1. The largest absolute Gasteiger partial charge is 0.389 e. The lowest BCUT2D eigenvalue weighted by molar-refractivity contribution is -0.384. The van der Waals surface area contributed by atoms with Crippen LogP contribution in [0.2, 0.25) is 0 Å². The third kappa shape index (κ3) is 3.15. The molecular weight excluding hydrogens is 276 g/mol. The molecule has 0 fully saturated rings. The maximum atomic E-state index is 11.2. The summed E-state index contributed by atoms with van der Waals surface area (Å²) in [5.74, 6) is 0. The van der Waals surface area contributed by atoms with Gasteiger partial charge in [-0.1, -0.05) is 12.1 Å². The van der Waals surface area contributed by atoms with Crippen LogP contribution >= 0.6 is 11.3 Å². The molecular formula is C14H16N2O3S. The van der Waals surface area contributed by atoms with Crippen molar-refractivity contribution in [2.45, 2.75) is 19.6 Å². The molecule has 1 unspecified atom stereocenters. The van der Waals surface area contributed by atoms with Crippen molar-refractivity contribution in [1.29, 1.82) is 0 Å². The molecule has 0 saturated heterocycles. The summed E-state index contributed by atoms with van der Waals surface area (Å²) in [7, 11) is 1.82. The Kier molecular flexibility index (Phi) is 4.36. The number of nitro groups is 1. The van der Waals surface area contributed by atoms with Gasteiger partial charge in [0.25, 0.3) is 5.69 Å². The zero-order valence-corrected chi connectivity index (χ0v) is 12.1. The van der Waals surface area contributed by atoms with Gasteiger partial charge < -0.3 is 10.0 Å². The Morgan fingerprint density at radius 2 is 2.20 bits per heavy atom.